The zero-order valence-electron chi connectivity index (χ0n) is 18.8. The number of nitrogens with zero attached hydrogens (tertiary/aromatic N) is 3. The lowest BCUT2D eigenvalue weighted by Crippen LogP contribution is -2.37. The first kappa shape index (κ1) is 22.6. The maximum Gasteiger partial charge on any atom is 0.262 e. The molecule has 1 unspecified atom stereocenters. The van der Waals surface area contributed by atoms with Gasteiger partial charge in [0.05, 0.1) is 22.8 Å². The zero-order valence-corrected chi connectivity index (χ0v) is 19.6. The van der Waals surface area contributed by atoms with E-state index in [0.717, 1.165) is 12.1 Å². The number of rotatable bonds is 8. The highest BCUT2D eigenvalue weighted by molar-refractivity contribution is 7.99. The number of amides is 1. The van der Waals surface area contributed by atoms with E-state index in [1.807, 2.05) is 55.1 Å². The summed E-state index contributed by atoms with van der Waals surface area (Å²) in [5, 5.41) is 1.17. The molecule has 0 N–H and O–H groups in total. The molecule has 6 nitrogen and oxygen atoms in total. The summed E-state index contributed by atoms with van der Waals surface area (Å²) in [5.41, 5.74) is 2.77. The van der Waals surface area contributed by atoms with Crippen molar-refractivity contribution < 1.29 is 9.53 Å². The summed E-state index contributed by atoms with van der Waals surface area (Å²) < 4.78 is 7.32. The predicted molar refractivity (Wildman–Crippen MR) is 130 cm³/mol. The van der Waals surface area contributed by atoms with Crippen molar-refractivity contribution in [2.75, 3.05) is 17.3 Å². The minimum atomic E-state index is -0.0741. The maximum absolute atomic E-state index is 13.2. The Labute approximate surface area is 192 Å². The van der Waals surface area contributed by atoms with Crippen molar-refractivity contribution >= 4 is 34.3 Å². The van der Waals surface area contributed by atoms with Crippen LogP contribution < -0.4 is 10.5 Å². The van der Waals surface area contributed by atoms with Crippen LogP contribution in [-0.4, -0.2) is 40.0 Å². The largest absolute Gasteiger partial charge is 0.379 e. The van der Waals surface area contributed by atoms with Crippen molar-refractivity contribution in [3.8, 4) is 0 Å². The van der Waals surface area contributed by atoms with Gasteiger partial charge in [-0.05, 0) is 57.4 Å². The van der Waals surface area contributed by atoms with Crippen LogP contribution in [0.2, 0.25) is 0 Å². The fourth-order valence-corrected chi connectivity index (χ4v) is 5.02. The third-order valence-electron chi connectivity index (χ3n) is 5.60. The van der Waals surface area contributed by atoms with Crippen LogP contribution in [-0.2, 0) is 22.5 Å². The highest BCUT2D eigenvalue weighted by Gasteiger charge is 2.30. The molecule has 1 aliphatic rings. The first-order chi connectivity index (χ1) is 15.5. The van der Waals surface area contributed by atoms with Gasteiger partial charge in [-0.15, -0.1) is 0 Å². The molecule has 1 aliphatic heterocycles. The fourth-order valence-electron chi connectivity index (χ4n) is 4.14. The minimum absolute atomic E-state index is 0.0320. The van der Waals surface area contributed by atoms with Crippen LogP contribution >= 0.6 is 11.8 Å². The second-order valence-electron chi connectivity index (χ2n) is 8.38. The van der Waals surface area contributed by atoms with E-state index in [4.69, 9.17) is 9.72 Å². The lowest BCUT2D eigenvalue weighted by Gasteiger charge is -2.23. The molecular formula is C25H29N3O3S. The topological polar surface area (TPSA) is 64.4 Å². The Bertz CT molecular complexity index is 1170. The third-order valence-corrected chi connectivity index (χ3v) is 6.57. The van der Waals surface area contributed by atoms with Gasteiger partial charge in [-0.25, -0.2) is 4.98 Å². The van der Waals surface area contributed by atoms with E-state index in [0.29, 0.717) is 35.6 Å². The molecule has 0 saturated carbocycles. The number of ether oxygens (including phenoxy) is 1. The van der Waals surface area contributed by atoms with Crippen LogP contribution in [0.1, 0.15) is 32.8 Å². The molecule has 32 heavy (non-hydrogen) atoms. The van der Waals surface area contributed by atoms with Gasteiger partial charge < -0.3 is 9.64 Å². The Balaban J connectivity index is 1.55. The van der Waals surface area contributed by atoms with Crippen molar-refractivity contribution in [3.05, 3.63) is 64.4 Å². The molecule has 4 rings (SSSR count). The highest BCUT2D eigenvalue weighted by Crippen LogP contribution is 2.32. The average Bonchev–Trinajstić information content (AvgIpc) is 3.12. The molecule has 7 heteroatoms. The average molecular weight is 452 g/mol. The standard InChI is InChI=1S/C25H29N3O3S/c1-17(2)31-14-8-13-27-24(30)20-10-5-6-11-21(20)26-25(27)32-16-23(29)28-18(3)15-19-9-4-7-12-22(19)28/h4-7,9-12,17-18H,8,13-16H2,1-3H3. The van der Waals surface area contributed by atoms with Crippen molar-refractivity contribution in [1.29, 1.82) is 0 Å². The smallest absolute Gasteiger partial charge is 0.262 e. The van der Waals surface area contributed by atoms with Gasteiger partial charge in [0.15, 0.2) is 5.16 Å². The van der Waals surface area contributed by atoms with Gasteiger partial charge in [-0.2, -0.15) is 0 Å². The fraction of sp³-hybridized carbons (Fsp3) is 0.400. The molecule has 0 fully saturated rings. The van der Waals surface area contributed by atoms with E-state index < -0.39 is 0 Å². The van der Waals surface area contributed by atoms with Crippen LogP contribution in [0.4, 0.5) is 5.69 Å². The van der Waals surface area contributed by atoms with E-state index in [1.165, 1.54) is 17.3 Å². The molecule has 0 bridgehead atoms. The Morgan fingerprint density at radius 2 is 1.94 bits per heavy atom. The number of fused-ring (bicyclic) bond motifs is 2. The number of aromatic nitrogens is 2. The summed E-state index contributed by atoms with van der Waals surface area (Å²) in [6, 6.07) is 15.5. The Morgan fingerprint density at radius 3 is 2.75 bits per heavy atom. The molecule has 2 aromatic carbocycles. The zero-order chi connectivity index (χ0) is 22.7. The van der Waals surface area contributed by atoms with E-state index in [2.05, 4.69) is 13.0 Å². The SMILES string of the molecule is CC(C)OCCCn1c(SCC(=O)N2c3ccccc3CC2C)nc2ccccc2c1=O. The molecule has 0 aliphatic carbocycles. The number of carbonyl (C=O) groups excluding carboxylic acids is 1. The van der Waals surface area contributed by atoms with Crippen LogP contribution in [0.15, 0.2) is 58.5 Å². The summed E-state index contributed by atoms with van der Waals surface area (Å²) >= 11 is 1.33. The first-order valence-corrected chi connectivity index (χ1v) is 12.1. The minimum Gasteiger partial charge on any atom is -0.379 e. The summed E-state index contributed by atoms with van der Waals surface area (Å²) in [5.74, 6) is 0.260. The van der Waals surface area contributed by atoms with E-state index in [9.17, 15) is 9.59 Å². The molecule has 0 radical (unpaired) electrons. The molecule has 168 valence electrons. The molecule has 1 aromatic heterocycles. The van der Waals surface area contributed by atoms with Gasteiger partial charge in [-0.3, -0.25) is 14.2 Å². The van der Waals surface area contributed by atoms with Gasteiger partial charge in [-0.1, -0.05) is 42.1 Å². The molecule has 1 atom stereocenters. The van der Waals surface area contributed by atoms with Crippen LogP contribution in [0.25, 0.3) is 10.9 Å². The van der Waals surface area contributed by atoms with Gasteiger partial charge in [0, 0.05) is 24.9 Å². The summed E-state index contributed by atoms with van der Waals surface area (Å²) in [7, 11) is 0. The summed E-state index contributed by atoms with van der Waals surface area (Å²) in [6.07, 6.45) is 1.72. The molecule has 3 aromatic rings. The Kier molecular flexibility index (Phi) is 6.96. The van der Waals surface area contributed by atoms with Crippen LogP contribution in [0.3, 0.4) is 0 Å². The highest BCUT2D eigenvalue weighted by atomic mass is 32.2. The number of hydrogen-bond acceptors (Lipinski definition) is 5. The lowest BCUT2D eigenvalue weighted by atomic mass is 10.1. The van der Waals surface area contributed by atoms with E-state index in [1.54, 1.807) is 10.6 Å². The Hall–Kier alpha value is -2.64. The van der Waals surface area contributed by atoms with Crippen molar-refractivity contribution in [2.24, 2.45) is 0 Å². The monoisotopic (exact) mass is 451 g/mol. The van der Waals surface area contributed by atoms with Crippen molar-refractivity contribution in [2.45, 2.75) is 57.5 Å². The van der Waals surface area contributed by atoms with Gasteiger partial charge in [0.1, 0.15) is 0 Å². The van der Waals surface area contributed by atoms with E-state index in [-0.39, 0.29) is 29.4 Å². The maximum atomic E-state index is 13.2. The quantitative estimate of drug-likeness (QED) is 0.291. The summed E-state index contributed by atoms with van der Waals surface area (Å²) in [4.78, 5) is 32.9. The number of anilines is 1. The molecule has 1 amide bonds. The number of benzene rings is 2. The van der Waals surface area contributed by atoms with Crippen LogP contribution in [0, 0.1) is 0 Å². The second kappa shape index (κ2) is 9.88. The van der Waals surface area contributed by atoms with Gasteiger partial charge in [0.2, 0.25) is 5.91 Å². The predicted octanol–water partition coefficient (Wildman–Crippen LogP) is 4.28. The van der Waals surface area contributed by atoms with Crippen LogP contribution in [0.5, 0.6) is 0 Å². The van der Waals surface area contributed by atoms with Gasteiger partial charge in [0.25, 0.3) is 5.56 Å². The van der Waals surface area contributed by atoms with Crippen molar-refractivity contribution in [1.82, 2.24) is 9.55 Å². The molecular weight excluding hydrogens is 422 g/mol. The number of carbonyl (C=O) groups is 1. The first-order valence-electron chi connectivity index (χ1n) is 11.1. The van der Waals surface area contributed by atoms with Crippen molar-refractivity contribution in [3.63, 3.8) is 0 Å². The van der Waals surface area contributed by atoms with Gasteiger partial charge >= 0.3 is 0 Å². The number of thioether (sulfide) groups is 1. The summed E-state index contributed by atoms with van der Waals surface area (Å²) in [6.45, 7) is 7.13. The lowest BCUT2D eigenvalue weighted by molar-refractivity contribution is -0.116. The Morgan fingerprint density at radius 1 is 1.19 bits per heavy atom. The third kappa shape index (κ3) is 4.74. The molecule has 0 spiro atoms. The normalized spacial score (nSPS) is 15.5. The van der Waals surface area contributed by atoms with E-state index >= 15 is 0 Å². The number of hydrogen-bond donors (Lipinski definition) is 0. The molecule has 2 heterocycles. The second-order valence-corrected chi connectivity index (χ2v) is 9.32. The number of para-hydroxylation sites is 2. The molecule has 0 saturated heterocycles.